The molecule has 0 spiro atoms. The molecule has 0 saturated carbocycles. The lowest BCUT2D eigenvalue weighted by atomic mass is 10.2. The molecule has 1 N–H and O–H groups in total. The molecule has 0 aliphatic rings. The number of thiol groups is 1. The van der Waals surface area contributed by atoms with E-state index < -0.39 is 0 Å². The second-order valence-corrected chi connectivity index (χ2v) is 3.73. The number of carbonyl (C=O) groups is 1. The molecule has 0 heterocycles. The molecule has 0 saturated heterocycles. The molecule has 0 radical (unpaired) electrons. The fraction of sp³-hybridized carbons (Fsp3) is 0.300. The van der Waals surface area contributed by atoms with Gasteiger partial charge in [-0.15, -0.1) is 0 Å². The van der Waals surface area contributed by atoms with Crippen molar-refractivity contribution in [1.82, 2.24) is 0 Å². The van der Waals surface area contributed by atoms with Gasteiger partial charge in [0.1, 0.15) is 5.75 Å². The number of carbonyl (C=O) groups excluding carboxylic acids is 1. The molecule has 0 aliphatic heterocycles. The van der Waals surface area contributed by atoms with Crippen molar-refractivity contribution in [3.05, 3.63) is 22.7 Å². The van der Waals surface area contributed by atoms with Crippen LogP contribution < -0.4 is 10.1 Å². The zero-order valence-corrected chi connectivity index (χ0v) is 10.2. The Balaban J connectivity index is 3.05. The third kappa shape index (κ3) is 3.04. The molecule has 0 unspecified atom stereocenters. The zero-order chi connectivity index (χ0) is 11.4. The summed E-state index contributed by atoms with van der Waals surface area (Å²) in [6.45, 7) is 1.87. The Morgan fingerprint density at radius 2 is 2.27 bits per heavy atom. The van der Waals surface area contributed by atoms with Crippen LogP contribution in [0.15, 0.2) is 12.1 Å². The number of methoxy groups -OCH3 is 1. The Hall–Kier alpha value is -0.870. The second kappa shape index (κ2) is 5.28. The summed E-state index contributed by atoms with van der Waals surface area (Å²) in [5.74, 6) is 0.512. The minimum Gasteiger partial charge on any atom is -0.495 e. The van der Waals surface area contributed by atoms with Gasteiger partial charge in [0.05, 0.1) is 18.6 Å². The van der Waals surface area contributed by atoms with Crippen molar-refractivity contribution in [1.29, 1.82) is 0 Å². The first-order chi connectivity index (χ1) is 7.08. The average Bonchev–Trinajstić information content (AvgIpc) is 2.22. The first-order valence-electron chi connectivity index (χ1n) is 4.33. The largest absolute Gasteiger partial charge is 0.495 e. The van der Waals surface area contributed by atoms with Crippen molar-refractivity contribution >= 4 is 35.8 Å². The van der Waals surface area contributed by atoms with Crippen molar-refractivity contribution in [2.75, 3.05) is 18.2 Å². The fourth-order valence-corrected chi connectivity index (χ4v) is 1.35. The minimum absolute atomic E-state index is 0.120. The summed E-state index contributed by atoms with van der Waals surface area (Å²) in [6, 6.07) is 3.44. The van der Waals surface area contributed by atoms with Crippen LogP contribution in [0.5, 0.6) is 5.75 Å². The molecular weight excluding hydrogens is 234 g/mol. The van der Waals surface area contributed by atoms with Crippen LogP contribution in [0.2, 0.25) is 5.02 Å². The second-order valence-electron chi connectivity index (χ2n) is 3.01. The van der Waals surface area contributed by atoms with Gasteiger partial charge < -0.3 is 10.1 Å². The van der Waals surface area contributed by atoms with Crippen molar-refractivity contribution in [3.63, 3.8) is 0 Å². The zero-order valence-electron chi connectivity index (χ0n) is 8.50. The number of anilines is 1. The molecular formula is C10H12ClNO2S. The van der Waals surface area contributed by atoms with Gasteiger partial charge in [0, 0.05) is 5.02 Å². The molecule has 0 bridgehead atoms. The summed E-state index contributed by atoms with van der Waals surface area (Å²) in [6.07, 6.45) is 0. The van der Waals surface area contributed by atoms with Gasteiger partial charge in [0.15, 0.2) is 0 Å². The normalized spacial score (nSPS) is 9.87. The van der Waals surface area contributed by atoms with E-state index in [1.807, 2.05) is 6.92 Å². The van der Waals surface area contributed by atoms with Gasteiger partial charge in [-0.3, -0.25) is 4.79 Å². The first-order valence-corrected chi connectivity index (χ1v) is 5.34. The number of benzene rings is 1. The Morgan fingerprint density at radius 1 is 1.60 bits per heavy atom. The first kappa shape index (κ1) is 12.2. The third-order valence-electron chi connectivity index (χ3n) is 1.90. The van der Waals surface area contributed by atoms with Crippen LogP contribution in [0.25, 0.3) is 0 Å². The monoisotopic (exact) mass is 245 g/mol. The van der Waals surface area contributed by atoms with E-state index in [1.165, 1.54) is 0 Å². The number of halogens is 1. The van der Waals surface area contributed by atoms with E-state index in [0.717, 1.165) is 5.56 Å². The molecule has 1 amide bonds. The van der Waals surface area contributed by atoms with Gasteiger partial charge >= 0.3 is 0 Å². The van der Waals surface area contributed by atoms with Crippen molar-refractivity contribution in [2.45, 2.75) is 6.92 Å². The van der Waals surface area contributed by atoms with E-state index in [0.29, 0.717) is 16.5 Å². The van der Waals surface area contributed by atoms with Crippen molar-refractivity contribution in [2.24, 2.45) is 0 Å². The van der Waals surface area contributed by atoms with E-state index in [-0.39, 0.29) is 11.7 Å². The number of rotatable bonds is 3. The van der Waals surface area contributed by atoms with E-state index in [2.05, 4.69) is 17.9 Å². The highest BCUT2D eigenvalue weighted by atomic mass is 35.5. The van der Waals surface area contributed by atoms with Crippen LogP contribution in [0.3, 0.4) is 0 Å². The van der Waals surface area contributed by atoms with E-state index in [4.69, 9.17) is 16.3 Å². The summed E-state index contributed by atoms with van der Waals surface area (Å²) in [5, 5.41) is 3.24. The van der Waals surface area contributed by atoms with Gasteiger partial charge in [-0.2, -0.15) is 12.6 Å². The maximum Gasteiger partial charge on any atom is 0.234 e. The van der Waals surface area contributed by atoms with Gasteiger partial charge in [0.2, 0.25) is 5.91 Å². The maximum absolute atomic E-state index is 11.2. The summed E-state index contributed by atoms with van der Waals surface area (Å²) in [4.78, 5) is 11.2. The summed E-state index contributed by atoms with van der Waals surface area (Å²) < 4.78 is 5.13. The standard InChI is InChI=1S/C10H12ClNO2S/c1-6-3-9(14-2)8(4-7(6)11)12-10(13)5-15/h3-4,15H,5H2,1-2H3,(H,12,13). The molecule has 1 aromatic rings. The lowest BCUT2D eigenvalue weighted by molar-refractivity contribution is -0.113. The molecule has 15 heavy (non-hydrogen) atoms. The number of hydrogen-bond donors (Lipinski definition) is 2. The lowest BCUT2D eigenvalue weighted by Gasteiger charge is -2.11. The molecule has 3 nitrogen and oxygen atoms in total. The van der Waals surface area contributed by atoms with Gasteiger partial charge in [0.25, 0.3) is 0 Å². The molecule has 0 atom stereocenters. The third-order valence-corrected chi connectivity index (χ3v) is 2.59. The predicted octanol–water partition coefficient (Wildman–Crippen LogP) is 2.53. The number of hydrogen-bond acceptors (Lipinski definition) is 3. The van der Waals surface area contributed by atoms with Crippen molar-refractivity contribution < 1.29 is 9.53 Å². The fourth-order valence-electron chi connectivity index (χ4n) is 1.11. The van der Waals surface area contributed by atoms with Crippen LogP contribution in [-0.4, -0.2) is 18.8 Å². The average molecular weight is 246 g/mol. The molecule has 0 aromatic heterocycles. The number of ether oxygens (including phenoxy) is 1. The van der Waals surface area contributed by atoms with Crippen LogP contribution in [0.4, 0.5) is 5.69 Å². The lowest BCUT2D eigenvalue weighted by Crippen LogP contribution is -2.13. The molecule has 0 fully saturated rings. The molecule has 82 valence electrons. The Labute approximate surface area is 99.2 Å². The molecule has 5 heteroatoms. The highest BCUT2D eigenvalue weighted by Gasteiger charge is 2.08. The van der Waals surface area contributed by atoms with E-state index in [1.54, 1.807) is 19.2 Å². The summed E-state index contributed by atoms with van der Waals surface area (Å²) in [7, 11) is 1.54. The van der Waals surface area contributed by atoms with E-state index in [9.17, 15) is 4.79 Å². The van der Waals surface area contributed by atoms with Gasteiger partial charge in [-0.05, 0) is 24.6 Å². The van der Waals surface area contributed by atoms with Gasteiger partial charge in [-0.1, -0.05) is 11.6 Å². The summed E-state index contributed by atoms with van der Waals surface area (Å²) >= 11 is 9.81. The summed E-state index contributed by atoms with van der Waals surface area (Å²) in [5.41, 5.74) is 1.46. The molecule has 1 aromatic carbocycles. The van der Waals surface area contributed by atoms with Crippen molar-refractivity contribution in [3.8, 4) is 5.75 Å². The van der Waals surface area contributed by atoms with Crippen LogP contribution in [0, 0.1) is 6.92 Å². The van der Waals surface area contributed by atoms with Crippen LogP contribution in [0.1, 0.15) is 5.56 Å². The smallest absolute Gasteiger partial charge is 0.234 e. The predicted molar refractivity (Wildman–Crippen MR) is 65.2 cm³/mol. The van der Waals surface area contributed by atoms with Crippen LogP contribution >= 0.6 is 24.2 Å². The molecule has 1 rings (SSSR count). The number of nitrogens with one attached hydrogen (secondary N) is 1. The Kier molecular flexibility index (Phi) is 4.29. The Morgan fingerprint density at radius 3 is 2.80 bits per heavy atom. The Bertz CT molecular complexity index is 382. The topological polar surface area (TPSA) is 38.3 Å². The number of amides is 1. The molecule has 0 aliphatic carbocycles. The van der Waals surface area contributed by atoms with Crippen LogP contribution in [-0.2, 0) is 4.79 Å². The highest BCUT2D eigenvalue weighted by Crippen LogP contribution is 2.30. The maximum atomic E-state index is 11.2. The van der Waals surface area contributed by atoms with Gasteiger partial charge in [-0.25, -0.2) is 0 Å². The minimum atomic E-state index is -0.198. The quantitative estimate of drug-likeness (QED) is 0.804. The number of aryl methyl sites for hydroxylation is 1. The highest BCUT2D eigenvalue weighted by molar-refractivity contribution is 7.81. The SMILES string of the molecule is COc1cc(C)c(Cl)cc1NC(=O)CS. The van der Waals surface area contributed by atoms with E-state index >= 15 is 0 Å².